The zero-order valence-corrected chi connectivity index (χ0v) is 11.2. The van der Waals surface area contributed by atoms with Gasteiger partial charge in [-0.05, 0) is 57.5 Å². The van der Waals surface area contributed by atoms with Crippen LogP contribution in [0.15, 0.2) is 18.5 Å². The van der Waals surface area contributed by atoms with Crippen LogP contribution in [0.4, 0.5) is 4.39 Å². The van der Waals surface area contributed by atoms with Gasteiger partial charge in [-0.25, -0.2) is 4.39 Å². The average Bonchev–Trinajstić information content (AvgIpc) is 2.39. The van der Waals surface area contributed by atoms with Crippen LogP contribution in [0, 0.1) is 11.7 Å². The number of nitrogens with one attached hydrogen (secondary N) is 1. The molecule has 1 unspecified atom stereocenters. The summed E-state index contributed by atoms with van der Waals surface area (Å²) in [5.74, 6) is 0.495. The summed E-state index contributed by atoms with van der Waals surface area (Å²) >= 11 is 0. The van der Waals surface area contributed by atoms with Crippen molar-refractivity contribution in [2.24, 2.45) is 5.92 Å². The number of hydrogen-bond donors (Lipinski definition) is 1. The molecule has 0 bridgehead atoms. The molecule has 1 aliphatic rings. The normalized spacial score (nSPS) is 19.1. The highest BCUT2D eigenvalue weighted by Gasteiger charge is 2.19. The first-order valence-electron chi connectivity index (χ1n) is 6.68. The number of rotatable bonds is 4. The van der Waals surface area contributed by atoms with Crippen LogP contribution in [0.5, 0.6) is 0 Å². The van der Waals surface area contributed by atoms with E-state index in [1.165, 1.54) is 19.0 Å². The molecule has 0 aliphatic carbocycles. The molecule has 1 fully saturated rings. The Kier molecular flexibility index (Phi) is 4.66. The zero-order valence-electron chi connectivity index (χ0n) is 11.2. The lowest BCUT2D eigenvalue weighted by Crippen LogP contribution is -2.35. The third kappa shape index (κ3) is 3.50. The minimum absolute atomic E-state index is 0.211. The van der Waals surface area contributed by atoms with Gasteiger partial charge in [0.05, 0.1) is 6.20 Å². The summed E-state index contributed by atoms with van der Waals surface area (Å²) in [6, 6.07) is 1.79. The summed E-state index contributed by atoms with van der Waals surface area (Å²) in [6.45, 7) is 5.42. The van der Waals surface area contributed by atoms with Gasteiger partial charge < -0.3 is 5.32 Å². The van der Waals surface area contributed by atoms with Gasteiger partial charge in [0, 0.05) is 18.8 Å². The maximum atomic E-state index is 13.2. The summed E-state index contributed by atoms with van der Waals surface area (Å²) in [5, 5.41) is 3.38. The van der Waals surface area contributed by atoms with Crippen molar-refractivity contribution in [2.45, 2.75) is 25.8 Å². The van der Waals surface area contributed by atoms with Gasteiger partial charge in [-0.1, -0.05) is 0 Å². The van der Waals surface area contributed by atoms with Crippen molar-refractivity contribution in [2.75, 3.05) is 26.7 Å². The lowest BCUT2D eigenvalue weighted by molar-refractivity contribution is 0.196. The first-order valence-corrected chi connectivity index (χ1v) is 6.68. The second kappa shape index (κ2) is 6.25. The molecule has 0 spiro atoms. The van der Waals surface area contributed by atoms with Crippen molar-refractivity contribution in [1.82, 2.24) is 15.2 Å². The van der Waals surface area contributed by atoms with Crippen LogP contribution in [0.1, 0.15) is 31.4 Å². The first-order chi connectivity index (χ1) is 8.66. The maximum Gasteiger partial charge on any atom is 0.141 e. The molecule has 0 amide bonds. The van der Waals surface area contributed by atoms with E-state index in [-0.39, 0.29) is 11.9 Å². The zero-order chi connectivity index (χ0) is 13.0. The molecule has 4 heteroatoms. The molecule has 1 aromatic rings. The third-order valence-corrected chi connectivity index (χ3v) is 3.87. The van der Waals surface area contributed by atoms with Gasteiger partial charge in [0.2, 0.25) is 0 Å². The molecule has 2 rings (SSSR count). The second-order valence-corrected chi connectivity index (χ2v) is 5.25. The van der Waals surface area contributed by atoms with Gasteiger partial charge in [-0.2, -0.15) is 0 Å². The largest absolute Gasteiger partial charge is 0.317 e. The first kappa shape index (κ1) is 13.4. The van der Waals surface area contributed by atoms with E-state index in [1.54, 1.807) is 12.3 Å². The van der Waals surface area contributed by atoms with E-state index in [2.05, 4.69) is 29.2 Å². The predicted octanol–water partition coefficient (Wildman–Crippen LogP) is 2.21. The summed E-state index contributed by atoms with van der Waals surface area (Å²) in [4.78, 5) is 6.22. The van der Waals surface area contributed by atoms with Crippen LogP contribution in [-0.4, -0.2) is 36.6 Å². The minimum atomic E-state index is -0.255. The SMILES string of the molecule is CC(c1cncc(F)c1)N(C)CC1CCNCC1. The van der Waals surface area contributed by atoms with E-state index in [0.717, 1.165) is 31.1 Å². The van der Waals surface area contributed by atoms with Gasteiger partial charge in [0.15, 0.2) is 0 Å². The van der Waals surface area contributed by atoms with Crippen LogP contribution in [-0.2, 0) is 0 Å². The Morgan fingerprint density at radius 3 is 2.83 bits per heavy atom. The van der Waals surface area contributed by atoms with Gasteiger partial charge in [0.1, 0.15) is 5.82 Å². The maximum absolute atomic E-state index is 13.2. The van der Waals surface area contributed by atoms with Gasteiger partial charge >= 0.3 is 0 Å². The number of hydrogen-bond acceptors (Lipinski definition) is 3. The van der Waals surface area contributed by atoms with E-state index in [9.17, 15) is 4.39 Å². The molecule has 1 aliphatic heterocycles. The molecule has 100 valence electrons. The molecule has 18 heavy (non-hydrogen) atoms. The summed E-state index contributed by atoms with van der Waals surface area (Å²) in [5.41, 5.74) is 0.950. The lowest BCUT2D eigenvalue weighted by atomic mass is 9.96. The van der Waals surface area contributed by atoms with Crippen LogP contribution in [0.3, 0.4) is 0 Å². The van der Waals surface area contributed by atoms with Crippen LogP contribution >= 0.6 is 0 Å². The van der Waals surface area contributed by atoms with Crippen LogP contribution < -0.4 is 5.32 Å². The number of halogens is 1. The second-order valence-electron chi connectivity index (χ2n) is 5.25. The van der Waals surface area contributed by atoms with Gasteiger partial charge in [-0.15, -0.1) is 0 Å². The van der Waals surface area contributed by atoms with Gasteiger partial charge in [-0.3, -0.25) is 9.88 Å². The Labute approximate surface area is 108 Å². The molecule has 0 aromatic carbocycles. The smallest absolute Gasteiger partial charge is 0.141 e. The molecule has 1 saturated heterocycles. The number of aromatic nitrogens is 1. The Bertz CT molecular complexity index is 377. The van der Waals surface area contributed by atoms with Crippen molar-refractivity contribution >= 4 is 0 Å². The molecule has 0 radical (unpaired) electrons. The highest BCUT2D eigenvalue weighted by atomic mass is 19.1. The third-order valence-electron chi connectivity index (χ3n) is 3.87. The minimum Gasteiger partial charge on any atom is -0.317 e. The fourth-order valence-corrected chi connectivity index (χ4v) is 2.54. The van der Waals surface area contributed by atoms with Crippen molar-refractivity contribution < 1.29 is 4.39 Å². The fraction of sp³-hybridized carbons (Fsp3) is 0.643. The summed E-state index contributed by atoms with van der Waals surface area (Å²) in [6.07, 6.45) is 5.48. The van der Waals surface area contributed by atoms with Crippen LogP contribution in [0.25, 0.3) is 0 Å². The molecular formula is C14H22FN3. The predicted molar refractivity (Wildman–Crippen MR) is 70.8 cm³/mol. The van der Waals surface area contributed by atoms with Crippen LogP contribution in [0.2, 0.25) is 0 Å². The fourth-order valence-electron chi connectivity index (χ4n) is 2.54. The highest BCUT2D eigenvalue weighted by Crippen LogP contribution is 2.22. The number of piperidine rings is 1. The molecule has 1 N–H and O–H groups in total. The van der Waals surface area contributed by atoms with E-state index in [1.807, 2.05) is 0 Å². The molecule has 3 nitrogen and oxygen atoms in total. The van der Waals surface area contributed by atoms with Crippen molar-refractivity contribution in [1.29, 1.82) is 0 Å². The lowest BCUT2D eigenvalue weighted by Gasteiger charge is -2.31. The Balaban J connectivity index is 1.93. The monoisotopic (exact) mass is 251 g/mol. The number of pyridine rings is 1. The van der Waals surface area contributed by atoms with E-state index >= 15 is 0 Å². The van der Waals surface area contributed by atoms with Crippen molar-refractivity contribution in [3.8, 4) is 0 Å². The topological polar surface area (TPSA) is 28.2 Å². The quantitative estimate of drug-likeness (QED) is 0.889. The Hall–Kier alpha value is -1.00. The summed E-state index contributed by atoms with van der Waals surface area (Å²) in [7, 11) is 2.11. The molecule has 1 atom stereocenters. The Morgan fingerprint density at radius 1 is 1.44 bits per heavy atom. The Morgan fingerprint density at radius 2 is 2.17 bits per heavy atom. The molecule has 2 heterocycles. The van der Waals surface area contributed by atoms with E-state index in [0.29, 0.717) is 0 Å². The highest BCUT2D eigenvalue weighted by molar-refractivity contribution is 5.14. The standard InChI is InChI=1S/C14H22FN3/c1-11(13-7-14(15)9-17-8-13)18(2)10-12-3-5-16-6-4-12/h7-9,11-12,16H,3-6,10H2,1-2H3. The summed E-state index contributed by atoms with van der Waals surface area (Å²) < 4.78 is 13.2. The van der Waals surface area contributed by atoms with Crippen molar-refractivity contribution in [3.63, 3.8) is 0 Å². The van der Waals surface area contributed by atoms with E-state index < -0.39 is 0 Å². The molecular weight excluding hydrogens is 229 g/mol. The molecule has 0 saturated carbocycles. The van der Waals surface area contributed by atoms with Crippen molar-refractivity contribution in [3.05, 3.63) is 29.8 Å². The van der Waals surface area contributed by atoms with E-state index in [4.69, 9.17) is 0 Å². The molecule has 1 aromatic heterocycles. The van der Waals surface area contributed by atoms with Gasteiger partial charge in [0.25, 0.3) is 0 Å². The average molecular weight is 251 g/mol. The number of nitrogens with zero attached hydrogens (tertiary/aromatic N) is 2.